The largest absolute Gasteiger partial charge is 0.396 e. The molecule has 0 unspecified atom stereocenters. The van der Waals surface area contributed by atoms with Crippen molar-refractivity contribution in [2.45, 2.75) is 6.92 Å². The van der Waals surface area contributed by atoms with Crippen LogP contribution in [0, 0.1) is 6.92 Å². The molecule has 1 aromatic heterocycles. The maximum Gasteiger partial charge on any atom is 0.0913 e. The van der Waals surface area contributed by atoms with Crippen LogP contribution in [0.15, 0.2) is 18.3 Å². The summed E-state index contributed by atoms with van der Waals surface area (Å²) in [6, 6.07) is 3.81. The monoisotopic (exact) mass is 221 g/mol. The normalized spacial score (nSPS) is 10.6. The first-order chi connectivity index (χ1) is 7.15. The number of aromatic nitrogens is 1. The molecule has 4 heteroatoms. The van der Waals surface area contributed by atoms with Crippen molar-refractivity contribution in [3.05, 3.63) is 28.9 Å². The predicted molar refractivity (Wildman–Crippen MR) is 65.4 cm³/mol. The molecule has 2 aromatic rings. The number of rotatable bonds is 1. The molecule has 0 spiro atoms. The van der Waals surface area contributed by atoms with E-state index in [2.05, 4.69) is 10.3 Å². The Bertz CT molecular complexity index is 523. The minimum absolute atomic E-state index is 0.635. The Hall–Kier alpha value is -1.48. The molecule has 3 nitrogen and oxygen atoms in total. The summed E-state index contributed by atoms with van der Waals surface area (Å²) < 4.78 is 0. The van der Waals surface area contributed by atoms with Crippen LogP contribution in [0.3, 0.4) is 0 Å². The third-order valence-corrected chi connectivity index (χ3v) is 2.76. The highest BCUT2D eigenvalue weighted by molar-refractivity contribution is 6.35. The number of benzene rings is 1. The van der Waals surface area contributed by atoms with Gasteiger partial charge in [-0.15, -0.1) is 0 Å². The maximum atomic E-state index is 6.08. The van der Waals surface area contributed by atoms with E-state index in [0.717, 1.165) is 22.2 Å². The first kappa shape index (κ1) is 10.1. The lowest BCUT2D eigenvalue weighted by molar-refractivity contribution is 1.38. The number of pyridine rings is 1. The Labute approximate surface area is 93.3 Å². The van der Waals surface area contributed by atoms with Crippen molar-refractivity contribution in [3.63, 3.8) is 0 Å². The van der Waals surface area contributed by atoms with Gasteiger partial charge in [-0.2, -0.15) is 0 Å². The molecule has 1 heterocycles. The Morgan fingerprint density at radius 3 is 2.80 bits per heavy atom. The van der Waals surface area contributed by atoms with Gasteiger partial charge in [0, 0.05) is 12.4 Å². The number of hydrogen-bond acceptors (Lipinski definition) is 3. The summed E-state index contributed by atoms with van der Waals surface area (Å²) in [6.07, 6.45) is 1.62. The molecule has 0 atom stereocenters. The molecule has 2 rings (SSSR count). The van der Waals surface area contributed by atoms with E-state index in [1.54, 1.807) is 6.20 Å². The van der Waals surface area contributed by atoms with E-state index in [4.69, 9.17) is 17.3 Å². The zero-order valence-electron chi connectivity index (χ0n) is 8.63. The van der Waals surface area contributed by atoms with Crippen LogP contribution in [0.5, 0.6) is 0 Å². The number of nitrogens with two attached hydrogens (primary N) is 1. The molecule has 78 valence electrons. The second-order valence-electron chi connectivity index (χ2n) is 3.43. The van der Waals surface area contributed by atoms with Gasteiger partial charge in [-0.05, 0) is 18.6 Å². The van der Waals surface area contributed by atoms with Crippen LogP contribution in [0.1, 0.15) is 5.56 Å². The van der Waals surface area contributed by atoms with Gasteiger partial charge in [-0.25, -0.2) is 0 Å². The molecule has 0 amide bonds. The molecule has 0 aliphatic rings. The van der Waals surface area contributed by atoms with Crippen molar-refractivity contribution in [2.75, 3.05) is 18.1 Å². The average molecular weight is 222 g/mol. The number of hydrogen-bond donors (Lipinski definition) is 2. The Morgan fingerprint density at radius 2 is 2.13 bits per heavy atom. The van der Waals surface area contributed by atoms with Crippen molar-refractivity contribution >= 4 is 33.9 Å². The summed E-state index contributed by atoms with van der Waals surface area (Å²) in [4.78, 5) is 4.25. The third-order valence-electron chi connectivity index (χ3n) is 2.46. The fraction of sp³-hybridized carbons (Fsp3) is 0.182. The van der Waals surface area contributed by atoms with Gasteiger partial charge in [-0.1, -0.05) is 17.7 Å². The van der Waals surface area contributed by atoms with Crippen LogP contribution in [0.2, 0.25) is 5.02 Å². The molecular weight excluding hydrogens is 210 g/mol. The van der Waals surface area contributed by atoms with Crippen LogP contribution >= 0.6 is 11.6 Å². The second kappa shape index (κ2) is 3.59. The van der Waals surface area contributed by atoms with E-state index < -0.39 is 0 Å². The van der Waals surface area contributed by atoms with Gasteiger partial charge in [0.05, 0.1) is 28.1 Å². The summed E-state index contributed by atoms with van der Waals surface area (Å²) in [5, 5.41) is 4.72. The van der Waals surface area contributed by atoms with Crippen molar-refractivity contribution in [3.8, 4) is 0 Å². The first-order valence-corrected chi connectivity index (χ1v) is 5.04. The molecule has 0 radical (unpaired) electrons. The summed E-state index contributed by atoms with van der Waals surface area (Å²) in [7, 11) is 1.84. The average Bonchev–Trinajstić information content (AvgIpc) is 2.23. The zero-order valence-corrected chi connectivity index (χ0v) is 9.39. The molecule has 0 saturated heterocycles. The number of fused-ring (bicyclic) bond motifs is 1. The van der Waals surface area contributed by atoms with Gasteiger partial charge >= 0.3 is 0 Å². The number of nitrogens with one attached hydrogen (secondary N) is 1. The number of nitrogens with zero attached hydrogens (tertiary/aromatic N) is 1. The van der Waals surface area contributed by atoms with E-state index in [-0.39, 0.29) is 0 Å². The fourth-order valence-electron chi connectivity index (χ4n) is 1.72. The van der Waals surface area contributed by atoms with Gasteiger partial charge in [0.2, 0.25) is 0 Å². The predicted octanol–water partition coefficient (Wildman–Crippen LogP) is 2.82. The van der Waals surface area contributed by atoms with Crippen molar-refractivity contribution in [2.24, 2.45) is 0 Å². The summed E-state index contributed by atoms with van der Waals surface area (Å²) in [5.41, 5.74) is 9.27. The number of aryl methyl sites for hydroxylation is 1. The maximum absolute atomic E-state index is 6.08. The zero-order chi connectivity index (χ0) is 11.0. The number of halogens is 1. The Kier molecular flexibility index (Phi) is 2.40. The number of nitrogen functional groups attached to an aromatic ring is 1. The van der Waals surface area contributed by atoms with E-state index in [9.17, 15) is 0 Å². The minimum Gasteiger partial charge on any atom is -0.396 e. The van der Waals surface area contributed by atoms with Gasteiger partial charge in [0.25, 0.3) is 0 Å². The lowest BCUT2D eigenvalue weighted by Crippen LogP contribution is -1.99. The minimum atomic E-state index is 0.635. The summed E-state index contributed by atoms with van der Waals surface area (Å²) in [6.45, 7) is 2.01. The molecule has 0 aliphatic heterocycles. The van der Waals surface area contributed by atoms with Gasteiger partial charge in [0.1, 0.15) is 0 Å². The molecule has 3 N–H and O–H groups in total. The van der Waals surface area contributed by atoms with E-state index in [1.807, 2.05) is 26.1 Å². The molecule has 0 fully saturated rings. The highest BCUT2D eigenvalue weighted by Gasteiger charge is 2.09. The van der Waals surface area contributed by atoms with Crippen LogP contribution in [-0.2, 0) is 0 Å². The van der Waals surface area contributed by atoms with Crippen LogP contribution in [0.25, 0.3) is 10.9 Å². The van der Waals surface area contributed by atoms with Crippen LogP contribution < -0.4 is 11.1 Å². The molecule has 15 heavy (non-hydrogen) atoms. The van der Waals surface area contributed by atoms with Crippen molar-refractivity contribution in [1.82, 2.24) is 4.98 Å². The molecule has 0 bridgehead atoms. The van der Waals surface area contributed by atoms with E-state index in [0.29, 0.717) is 10.7 Å². The SMILES string of the molecule is CNc1c(N)cnc2c(Cl)ccc(C)c12. The smallest absolute Gasteiger partial charge is 0.0913 e. The second-order valence-corrected chi connectivity index (χ2v) is 3.83. The van der Waals surface area contributed by atoms with Crippen LogP contribution in [-0.4, -0.2) is 12.0 Å². The number of anilines is 2. The standard InChI is InChI=1S/C11H12ClN3/c1-6-3-4-7(12)10-9(6)11(14-2)8(13)5-15-10/h3-5H,13H2,1-2H3,(H,14,15). The van der Waals surface area contributed by atoms with E-state index >= 15 is 0 Å². The lowest BCUT2D eigenvalue weighted by atomic mass is 10.1. The summed E-state index contributed by atoms with van der Waals surface area (Å²) in [5.74, 6) is 0. The van der Waals surface area contributed by atoms with Crippen LogP contribution in [0.4, 0.5) is 11.4 Å². The van der Waals surface area contributed by atoms with Gasteiger partial charge in [-0.3, -0.25) is 4.98 Å². The lowest BCUT2D eigenvalue weighted by Gasteiger charge is -2.11. The molecule has 0 aliphatic carbocycles. The van der Waals surface area contributed by atoms with Crippen molar-refractivity contribution < 1.29 is 0 Å². The molecule has 1 aromatic carbocycles. The third kappa shape index (κ3) is 1.49. The highest BCUT2D eigenvalue weighted by Crippen LogP contribution is 2.33. The van der Waals surface area contributed by atoms with Gasteiger partial charge < -0.3 is 11.1 Å². The van der Waals surface area contributed by atoms with Crippen molar-refractivity contribution in [1.29, 1.82) is 0 Å². The van der Waals surface area contributed by atoms with Gasteiger partial charge in [0.15, 0.2) is 0 Å². The van der Waals surface area contributed by atoms with E-state index in [1.165, 1.54) is 0 Å². The fourth-order valence-corrected chi connectivity index (χ4v) is 1.93. The first-order valence-electron chi connectivity index (χ1n) is 4.66. The Balaban J connectivity index is 2.96. The Morgan fingerprint density at radius 1 is 1.40 bits per heavy atom. The summed E-state index contributed by atoms with van der Waals surface area (Å²) >= 11 is 6.08. The quantitative estimate of drug-likeness (QED) is 0.779. The highest BCUT2D eigenvalue weighted by atomic mass is 35.5. The molecule has 0 saturated carbocycles. The molecular formula is C11H12ClN3. The topological polar surface area (TPSA) is 50.9 Å².